The van der Waals surface area contributed by atoms with Crippen molar-refractivity contribution in [3.63, 3.8) is 0 Å². The number of halogens is 1. The van der Waals surface area contributed by atoms with Crippen molar-refractivity contribution in [3.8, 4) is 0 Å². The van der Waals surface area contributed by atoms with Gasteiger partial charge in [-0.05, 0) is 30.3 Å². The van der Waals surface area contributed by atoms with Crippen molar-refractivity contribution in [1.82, 2.24) is 0 Å². The summed E-state index contributed by atoms with van der Waals surface area (Å²) in [5, 5.41) is 2.58. The Morgan fingerprint density at radius 3 is 2.50 bits per heavy atom. The molecule has 0 unspecified atom stereocenters. The minimum Gasteiger partial charge on any atom is -0.326 e. The minimum absolute atomic E-state index is 0.132. The number of amides is 1. The molecule has 0 aliphatic rings. The summed E-state index contributed by atoms with van der Waals surface area (Å²) in [7, 11) is -3.67. The molecule has 2 N–H and O–H groups in total. The third-order valence-corrected chi connectivity index (χ3v) is 5.35. The molecule has 0 saturated carbocycles. The fraction of sp³-hybridized carbons (Fsp3) is 0.0833. The summed E-state index contributed by atoms with van der Waals surface area (Å²) >= 11 is 6.70. The van der Waals surface area contributed by atoms with Crippen LogP contribution in [-0.4, -0.2) is 14.3 Å². The lowest BCUT2D eigenvalue weighted by Gasteiger charge is -2.08. The molecule has 0 aliphatic carbocycles. The molecule has 1 amide bonds. The first-order valence-corrected chi connectivity index (χ1v) is 8.20. The average Bonchev–Trinajstić information content (AvgIpc) is 2.75. The lowest BCUT2D eigenvalue weighted by Crippen LogP contribution is -2.12. The van der Waals surface area contributed by atoms with Gasteiger partial charge in [-0.3, -0.25) is 9.52 Å². The molecule has 0 radical (unpaired) electrons. The summed E-state index contributed by atoms with van der Waals surface area (Å²) in [5.74, 6) is -0.227. The maximum atomic E-state index is 12.1. The van der Waals surface area contributed by atoms with E-state index in [1.807, 2.05) is 0 Å². The summed E-state index contributed by atoms with van der Waals surface area (Å²) in [5.41, 5.74) is 0.877. The zero-order chi connectivity index (χ0) is 14.8. The first-order chi connectivity index (χ1) is 9.37. The number of benzene rings is 1. The Balaban J connectivity index is 2.23. The molecule has 1 aromatic heterocycles. The Labute approximate surface area is 125 Å². The van der Waals surface area contributed by atoms with Gasteiger partial charge in [0.05, 0.1) is 10.0 Å². The van der Waals surface area contributed by atoms with E-state index in [0.29, 0.717) is 15.7 Å². The Bertz CT molecular complexity index is 741. The van der Waals surface area contributed by atoms with Crippen LogP contribution in [0.3, 0.4) is 0 Å². The molecule has 0 fully saturated rings. The van der Waals surface area contributed by atoms with E-state index in [4.69, 9.17) is 11.6 Å². The van der Waals surface area contributed by atoms with Gasteiger partial charge in [0.1, 0.15) is 4.21 Å². The van der Waals surface area contributed by atoms with Crippen LogP contribution in [0.2, 0.25) is 4.34 Å². The molecule has 1 heterocycles. The van der Waals surface area contributed by atoms with E-state index in [0.717, 1.165) is 11.3 Å². The highest BCUT2D eigenvalue weighted by Gasteiger charge is 2.16. The smallest absolute Gasteiger partial charge is 0.271 e. The van der Waals surface area contributed by atoms with Crippen LogP contribution in [0.15, 0.2) is 40.6 Å². The van der Waals surface area contributed by atoms with E-state index in [-0.39, 0.29) is 10.1 Å². The van der Waals surface area contributed by atoms with Crippen LogP contribution in [0.1, 0.15) is 6.92 Å². The van der Waals surface area contributed by atoms with Crippen molar-refractivity contribution in [3.05, 3.63) is 40.7 Å². The lowest BCUT2D eigenvalue weighted by atomic mass is 10.3. The number of nitrogens with one attached hydrogen (secondary N) is 2. The molecule has 0 saturated heterocycles. The summed E-state index contributed by atoms with van der Waals surface area (Å²) in [6.07, 6.45) is 0. The molecule has 0 spiro atoms. The standard InChI is InChI=1S/C12H11ClN2O3S2/c1-8(16)14-9-3-2-4-10(7-9)15-20(17,18)12-6-5-11(13)19-12/h2-7,15H,1H3,(H,14,16). The third kappa shape index (κ3) is 3.72. The Morgan fingerprint density at radius 2 is 1.90 bits per heavy atom. The number of hydrogen-bond donors (Lipinski definition) is 2. The molecule has 20 heavy (non-hydrogen) atoms. The Morgan fingerprint density at radius 1 is 1.20 bits per heavy atom. The van der Waals surface area contributed by atoms with Gasteiger partial charge in [0.15, 0.2) is 0 Å². The van der Waals surface area contributed by atoms with E-state index in [1.165, 1.54) is 25.1 Å². The lowest BCUT2D eigenvalue weighted by molar-refractivity contribution is -0.114. The molecule has 0 atom stereocenters. The largest absolute Gasteiger partial charge is 0.326 e. The number of hydrogen-bond acceptors (Lipinski definition) is 4. The monoisotopic (exact) mass is 330 g/mol. The molecular weight excluding hydrogens is 320 g/mol. The van der Waals surface area contributed by atoms with Crippen molar-refractivity contribution in [2.24, 2.45) is 0 Å². The maximum Gasteiger partial charge on any atom is 0.271 e. The molecule has 2 rings (SSSR count). The van der Waals surface area contributed by atoms with Gasteiger partial charge in [0.2, 0.25) is 5.91 Å². The van der Waals surface area contributed by atoms with Gasteiger partial charge in [-0.1, -0.05) is 17.7 Å². The van der Waals surface area contributed by atoms with Crippen LogP contribution in [0.25, 0.3) is 0 Å². The summed E-state index contributed by atoms with van der Waals surface area (Å²) in [6.45, 7) is 1.38. The van der Waals surface area contributed by atoms with Crippen LogP contribution in [-0.2, 0) is 14.8 Å². The van der Waals surface area contributed by atoms with Crippen LogP contribution in [0.4, 0.5) is 11.4 Å². The van der Waals surface area contributed by atoms with E-state index in [9.17, 15) is 13.2 Å². The Kier molecular flexibility index (Phi) is 4.32. The van der Waals surface area contributed by atoms with Gasteiger partial charge in [-0.15, -0.1) is 11.3 Å². The average molecular weight is 331 g/mol. The van der Waals surface area contributed by atoms with Crippen LogP contribution in [0, 0.1) is 0 Å². The van der Waals surface area contributed by atoms with Crippen LogP contribution >= 0.6 is 22.9 Å². The second-order valence-corrected chi connectivity index (χ2v) is 7.55. The zero-order valence-electron chi connectivity index (χ0n) is 10.4. The van der Waals surface area contributed by atoms with Gasteiger partial charge < -0.3 is 5.32 Å². The van der Waals surface area contributed by atoms with E-state index in [2.05, 4.69) is 10.0 Å². The second kappa shape index (κ2) is 5.82. The van der Waals surface area contributed by atoms with Gasteiger partial charge >= 0.3 is 0 Å². The molecule has 106 valence electrons. The van der Waals surface area contributed by atoms with Crippen molar-refractivity contribution in [1.29, 1.82) is 0 Å². The topological polar surface area (TPSA) is 75.3 Å². The first-order valence-electron chi connectivity index (χ1n) is 5.52. The Hall–Kier alpha value is -1.57. The maximum absolute atomic E-state index is 12.1. The predicted molar refractivity (Wildman–Crippen MR) is 80.9 cm³/mol. The third-order valence-electron chi connectivity index (χ3n) is 2.25. The molecule has 8 heteroatoms. The molecule has 0 bridgehead atoms. The molecule has 5 nitrogen and oxygen atoms in total. The molecule has 0 aliphatic heterocycles. The first kappa shape index (κ1) is 14.8. The molecule has 2 aromatic rings. The normalized spacial score (nSPS) is 11.1. The highest BCUT2D eigenvalue weighted by molar-refractivity contribution is 7.94. The van der Waals surface area contributed by atoms with Crippen molar-refractivity contribution in [2.45, 2.75) is 11.1 Å². The number of carbonyl (C=O) groups excluding carboxylic acids is 1. The highest BCUT2D eigenvalue weighted by Crippen LogP contribution is 2.27. The van der Waals surface area contributed by atoms with Gasteiger partial charge in [0.25, 0.3) is 10.0 Å². The SMILES string of the molecule is CC(=O)Nc1cccc(NS(=O)(=O)c2ccc(Cl)s2)c1. The van der Waals surface area contributed by atoms with E-state index >= 15 is 0 Å². The molecule has 1 aromatic carbocycles. The van der Waals surface area contributed by atoms with Gasteiger partial charge in [-0.2, -0.15) is 0 Å². The fourth-order valence-electron chi connectivity index (χ4n) is 1.51. The van der Waals surface area contributed by atoms with Crippen molar-refractivity contribution < 1.29 is 13.2 Å². The second-order valence-electron chi connectivity index (χ2n) is 3.93. The number of anilines is 2. The summed E-state index contributed by atoms with van der Waals surface area (Å²) < 4.78 is 27.2. The van der Waals surface area contributed by atoms with E-state index < -0.39 is 10.0 Å². The zero-order valence-corrected chi connectivity index (χ0v) is 12.8. The predicted octanol–water partition coefficient (Wildman–Crippen LogP) is 3.16. The minimum atomic E-state index is -3.67. The number of sulfonamides is 1. The number of carbonyl (C=O) groups is 1. The van der Waals surface area contributed by atoms with Crippen molar-refractivity contribution in [2.75, 3.05) is 10.0 Å². The van der Waals surface area contributed by atoms with Gasteiger partial charge in [-0.25, -0.2) is 8.42 Å². The fourth-order valence-corrected chi connectivity index (χ4v) is 4.04. The number of rotatable bonds is 4. The summed E-state index contributed by atoms with van der Waals surface area (Å²) in [4.78, 5) is 11.0. The quantitative estimate of drug-likeness (QED) is 0.904. The number of thiophene rings is 1. The van der Waals surface area contributed by atoms with Gasteiger partial charge in [0, 0.05) is 12.6 Å². The van der Waals surface area contributed by atoms with Crippen LogP contribution < -0.4 is 10.0 Å². The van der Waals surface area contributed by atoms with Crippen LogP contribution in [0.5, 0.6) is 0 Å². The molecular formula is C12H11ClN2O3S2. The summed E-state index contributed by atoms with van der Waals surface area (Å²) in [6, 6.07) is 9.40. The van der Waals surface area contributed by atoms with Crippen molar-refractivity contribution >= 4 is 50.2 Å². The van der Waals surface area contributed by atoms with E-state index in [1.54, 1.807) is 18.2 Å². The highest BCUT2D eigenvalue weighted by atomic mass is 35.5.